The molecular formula is C25H31N3O5. The predicted molar refractivity (Wildman–Crippen MR) is 126 cm³/mol. The number of anilines is 1. The summed E-state index contributed by atoms with van der Waals surface area (Å²) >= 11 is 0. The van der Waals surface area contributed by atoms with Gasteiger partial charge in [-0.05, 0) is 36.4 Å². The van der Waals surface area contributed by atoms with Gasteiger partial charge in [0.05, 0.1) is 14.2 Å². The van der Waals surface area contributed by atoms with Crippen molar-refractivity contribution in [2.75, 3.05) is 45.7 Å². The highest BCUT2D eigenvalue weighted by Gasteiger charge is 2.27. The molecule has 2 aromatic carbocycles. The summed E-state index contributed by atoms with van der Waals surface area (Å²) in [4.78, 5) is 41.6. The minimum absolute atomic E-state index is 0.116. The number of benzene rings is 2. The number of carbonyl (C=O) groups excluding carboxylic acids is 3. The van der Waals surface area contributed by atoms with Crippen LogP contribution in [0.3, 0.4) is 0 Å². The van der Waals surface area contributed by atoms with Crippen molar-refractivity contribution in [3.63, 3.8) is 0 Å². The van der Waals surface area contributed by atoms with E-state index in [1.807, 2.05) is 20.8 Å². The number of ether oxygens (including phenoxy) is 2. The number of amides is 3. The Labute approximate surface area is 194 Å². The first-order chi connectivity index (χ1) is 15.6. The van der Waals surface area contributed by atoms with E-state index < -0.39 is 5.41 Å². The molecule has 0 atom stereocenters. The Morgan fingerprint density at radius 3 is 1.85 bits per heavy atom. The topological polar surface area (TPSA) is 88.2 Å². The van der Waals surface area contributed by atoms with E-state index in [1.165, 1.54) is 7.11 Å². The summed E-state index contributed by atoms with van der Waals surface area (Å²) in [6, 6.07) is 12.0. The van der Waals surface area contributed by atoms with Gasteiger partial charge in [-0.15, -0.1) is 0 Å². The lowest BCUT2D eigenvalue weighted by Gasteiger charge is -2.35. The van der Waals surface area contributed by atoms with Crippen molar-refractivity contribution in [2.24, 2.45) is 5.41 Å². The summed E-state index contributed by atoms with van der Waals surface area (Å²) < 4.78 is 10.5. The zero-order valence-electron chi connectivity index (χ0n) is 19.8. The molecule has 8 heteroatoms. The molecule has 0 bridgehead atoms. The van der Waals surface area contributed by atoms with Crippen molar-refractivity contribution in [1.29, 1.82) is 0 Å². The Kier molecular flexibility index (Phi) is 7.26. The number of hydrogen-bond donors (Lipinski definition) is 1. The van der Waals surface area contributed by atoms with Crippen LogP contribution in [0.25, 0.3) is 0 Å². The van der Waals surface area contributed by atoms with Gasteiger partial charge in [0, 0.05) is 48.4 Å². The van der Waals surface area contributed by atoms with Crippen LogP contribution in [0.2, 0.25) is 0 Å². The number of nitrogens with one attached hydrogen (secondary N) is 1. The van der Waals surface area contributed by atoms with Crippen molar-refractivity contribution in [3.05, 3.63) is 53.6 Å². The molecule has 176 valence electrons. The van der Waals surface area contributed by atoms with Crippen LogP contribution in [0.5, 0.6) is 11.5 Å². The standard InChI is InChI=1S/C25H31N3O5/c1-25(2,3)24(31)26-19-8-6-7-17(15-19)22(29)27-11-13-28(14-12-27)23(30)18-9-10-20(32-4)21(16-18)33-5/h6-10,15-16H,11-14H2,1-5H3,(H,26,31). The molecule has 1 aliphatic rings. The van der Waals surface area contributed by atoms with Crippen LogP contribution in [0.1, 0.15) is 41.5 Å². The summed E-state index contributed by atoms with van der Waals surface area (Å²) in [5.41, 5.74) is 1.07. The van der Waals surface area contributed by atoms with E-state index >= 15 is 0 Å². The fourth-order valence-corrected chi connectivity index (χ4v) is 3.50. The molecule has 0 radical (unpaired) electrons. The molecule has 1 saturated heterocycles. The van der Waals surface area contributed by atoms with Gasteiger partial charge in [0.15, 0.2) is 11.5 Å². The first-order valence-electron chi connectivity index (χ1n) is 10.9. The maximum atomic E-state index is 13.0. The summed E-state index contributed by atoms with van der Waals surface area (Å²) in [6.45, 7) is 7.21. The van der Waals surface area contributed by atoms with E-state index in [1.54, 1.807) is 59.4 Å². The molecule has 0 unspecified atom stereocenters. The largest absolute Gasteiger partial charge is 0.493 e. The number of nitrogens with zero attached hydrogens (tertiary/aromatic N) is 2. The fourth-order valence-electron chi connectivity index (χ4n) is 3.50. The van der Waals surface area contributed by atoms with Crippen molar-refractivity contribution in [1.82, 2.24) is 9.80 Å². The highest BCUT2D eigenvalue weighted by atomic mass is 16.5. The summed E-state index contributed by atoms with van der Waals surface area (Å²) in [7, 11) is 3.07. The lowest BCUT2D eigenvalue weighted by Crippen LogP contribution is -2.50. The van der Waals surface area contributed by atoms with Gasteiger partial charge in [0.2, 0.25) is 5.91 Å². The zero-order chi connectivity index (χ0) is 24.2. The predicted octanol–water partition coefficient (Wildman–Crippen LogP) is 3.29. The van der Waals surface area contributed by atoms with Gasteiger partial charge < -0.3 is 24.6 Å². The molecular weight excluding hydrogens is 422 g/mol. The van der Waals surface area contributed by atoms with Crippen molar-refractivity contribution in [3.8, 4) is 11.5 Å². The van der Waals surface area contributed by atoms with Gasteiger partial charge >= 0.3 is 0 Å². The van der Waals surface area contributed by atoms with E-state index in [-0.39, 0.29) is 17.7 Å². The van der Waals surface area contributed by atoms with Crippen LogP contribution < -0.4 is 14.8 Å². The third-order valence-corrected chi connectivity index (χ3v) is 5.53. The van der Waals surface area contributed by atoms with Gasteiger partial charge in [-0.2, -0.15) is 0 Å². The van der Waals surface area contributed by atoms with Gasteiger partial charge in [0.1, 0.15) is 0 Å². The molecule has 33 heavy (non-hydrogen) atoms. The van der Waals surface area contributed by atoms with Gasteiger partial charge in [-0.3, -0.25) is 14.4 Å². The molecule has 3 amide bonds. The molecule has 0 aliphatic carbocycles. The van der Waals surface area contributed by atoms with Crippen molar-refractivity contribution >= 4 is 23.4 Å². The smallest absolute Gasteiger partial charge is 0.254 e. The van der Waals surface area contributed by atoms with Gasteiger partial charge in [-0.1, -0.05) is 26.8 Å². The minimum atomic E-state index is -0.531. The summed E-state index contributed by atoms with van der Waals surface area (Å²) in [5, 5.41) is 2.86. The fraction of sp³-hybridized carbons (Fsp3) is 0.400. The summed E-state index contributed by atoms with van der Waals surface area (Å²) in [6.07, 6.45) is 0. The number of methoxy groups -OCH3 is 2. The Balaban J connectivity index is 1.63. The van der Waals surface area contributed by atoms with E-state index in [4.69, 9.17) is 9.47 Å². The molecule has 8 nitrogen and oxygen atoms in total. The molecule has 0 saturated carbocycles. The Hall–Kier alpha value is -3.55. The van der Waals surface area contributed by atoms with E-state index in [9.17, 15) is 14.4 Å². The number of piperazine rings is 1. The second kappa shape index (κ2) is 9.94. The van der Waals surface area contributed by atoms with Crippen LogP contribution in [0.15, 0.2) is 42.5 Å². The third-order valence-electron chi connectivity index (χ3n) is 5.53. The SMILES string of the molecule is COc1ccc(C(=O)N2CCN(C(=O)c3cccc(NC(=O)C(C)(C)C)c3)CC2)cc1OC. The van der Waals surface area contributed by atoms with E-state index in [2.05, 4.69) is 5.32 Å². The second-order valence-electron chi connectivity index (χ2n) is 8.94. The monoisotopic (exact) mass is 453 g/mol. The highest BCUT2D eigenvalue weighted by molar-refractivity contribution is 5.99. The molecule has 0 aromatic heterocycles. The number of rotatable bonds is 5. The minimum Gasteiger partial charge on any atom is -0.493 e. The van der Waals surface area contributed by atoms with E-state index in [0.29, 0.717) is 54.5 Å². The quantitative estimate of drug-likeness (QED) is 0.751. The maximum Gasteiger partial charge on any atom is 0.254 e. The number of carbonyl (C=O) groups is 3. The first-order valence-corrected chi connectivity index (χ1v) is 10.9. The Morgan fingerprint density at radius 2 is 1.33 bits per heavy atom. The van der Waals surface area contributed by atoms with Gasteiger partial charge in [0.25, 0.3) is 11.8 Å². The highest BCUT2D eigenvalue weighted by Crippen LogP contribution is 2.28. The molecule has 1 fully saturated rings. The zero-order valence-corrected chi connectivity index (χ0v) is 19.8. The van der Waals surface area contributed by atoms with Crippen LogP contribution in [-0.4, -0.2) is 67.9 Å². The third kappa shape index (κ3) is 5.63. The van der Waals surface area contributed by atoms with Gasteiger partial charge in [-0.25, -0.2) is 0 Å². The molecule has 2 aromatic rings. The first kappa shape index (κ1) is 24.1. The average molecular weight is 454 g/mol. The molecule has 1 heterocycles. The number of hydrogen-bond acceptors (Lipinski definition) is 5. The van der Waals surface area contributed by atoms with Crippen molar-refractivity contribution in [2.45, 2.75) is 20.8 Å². The molecule has 3 rings (SSSR count). The normalized spacial score (nSPS) is 14.0. The lowest BCUT2D eigenvalue weighted by molar-refractivity contribution is -0.123. The lowest BCUT2D eigenvalue weighted by atomic mass is 9.95. The van der Waals surface area contributed by atoms with Crippen LogP contribution in [0.4, 0.5) is 5.69 Å². The van der Waals surface area contributed by atoms with Crippen molar-refractivity contribution < 1.29 is 23.9 Å². The molecule has 0 spiro atoms. The van der Waals surface area contributed by atoms with Crippen LogP contribution in [-0.2, 0) is 4.79 Å². The summed E-state index contributed by atoms with van der Waals surface area (Å²) in [5.74, 6) is 0.699. The van der Waals surface area contributed by atoms with Crippen LogP contribution >= 0.6 is 0 Å². The second-order valence-corrected chi connectivity index (χ2v) is 8.94. The molecule has 1 aliphatic heterocycles. The maximum absolute atomic E-state index is 13.0. The average Bonchev–Trinajstić information content (AvgIpc) is 2.82. The van der Waals surface area contributed by atoms with E-state index in [0.717, 1.165) is 0 Å². The Morgan fingerprint density at radius 1 is 0.788 bits per heavy atom. The Bertz CT molecular complexity index is 1040. The van der Waals surface area contributed by atoms with Crippen LogP contribution in [0, 0.1) is 5.41 Å². The molecule has 1 N–H and O–H groups in total.